The van der Waals surface area contributed by atoms with E-state index >= 15 is 0 Å². The van der Waals surface area contributed by atoms with Crippen molar-refractivity contribution in [2.75, 3.05) is 13.7 Å². The van der Waals surface area contributed by atoms with Gasteiger partial charge >= 0.3 is 0 Å². The van der Waals surface area contributed by atoms with Gasteiger partial charge in [0.05, 0.1) is 6.61 Å². The third-order valence-corrected chi connectivity index (χ3v) is 6.68. The molecule has 4 heteroatoms. The lowest BCUT2D eigenvalue weighted by Gasteiger charge is -2.47. The quantitative estimate of drug-likeness (QED) is 0.673. The Hall–Kier alpha value is -2.36. The highest BCUT2D eigenvalue weighted by Gasteiger charge is 2.48. The lowest BCUT2D eigenvalue weighted by Crippen LogP contribution is -2.43. The molecule has 0 spiro atoms. The van der Waals surface area contributed by atoms with Crippen LogP contribution in [-0.2, 0) is 9.59 Å². The van der Waals surface area contributed by atoms with Crippen LogP contribution in [0.5, 0.6) is 5.75 Å². The van der Waals surface area contributed by atoms with E-state index in [4.69, 9.17) is 4.74 Å². The summed E-state index contributed by atoms with van der Waals surface area (Å²) in [5, 5.41) is 0. The standard InChI is InChI=1S/C26H33NO3/c1-7-30-17-10-8-9-16(11-17)22-23-18(12-25(2,3)14-20(23)28)27(6)19-13-26(4,5)15-21(29)24(19)22/h8-11,22H,7,12-15H2,1-6H3. The number of carbonyl (C=O) groups is 2. The summed E-state index contributed by atoms with van der Waals surface area (Å²) in [7, 11) is 2.04. The highest BCUT2D eigenvalue weighted by atomic mass is 16.5. The average molecular weight is 408 g/mol. The van der Waals surface area contributed by atoms with Crippen LogP contribution in [-0.4, -0.2) is 30.1 Å². The van der Waals surface area contributed by atoms with Crippen molar-refractivity contribution in [2.45, 2.75) is 66.2 Å². The first-order chi connectivity index (χ1) is 14.0. The monoisotopic (exact) mass is 407 g/mol. The van der Waals surface area contributed by atoms with E-state index in [0.717, 1.165) is 46.7 Å². The molecule has 160 valence electrons. The molecule has 1 heterocycles. The molecule has 2 aliphatic carbocycles. The molecule has 1 aliphatic heterocycles. The maximum atomic E-state index is 13.4. The number of hydrogen-bond donors (Lipinski definition) is 0. The molecule has 0 radical (unpaired) electrons. The van der Waals surface area contributed by atoms with Gasteiger partial charge in [0.1, 0.15) is 5.75 Å². The zero-order valence-electron chi connectivity index (χ0n) is 19.1. The minimum atomic E-state index is -0.293. The van der Waals surface area contributed by atoms with Crippen LogP contribution in [0.1, 0.15) is 71.8 Å². The van der Waals surface area contributed by atoms with Crippen LogP contribution in [0.4, 0.5) is 0 Å². The molecule has 30 heavy (non-hydrogen) atoms. The molecule has 0 saturated carbocycles. The molecular weight excluding hydrogens is 374 g/mol. The highest BCUT2D eigenvalue weighted by Crippen LogP contribution is 2.54. The van der Waals surface area contributed by atoms with Crippen molar-refractivity contribution < 1.29 is 14.3 Å². The second-order valence-electron chi connectivity index (χ2n) is 10.6. The summed E-state index contributed by atoms with van der Waals surface area (Å²) in [4.78, 5) is 29.1. The van der Waals surface area contributed by atoms with Crippen LogP contribution in [0, 0.1) is 10.8 Å². The van der Waals surface area contributed by atoms with Gasteiger partial charge in [0, 0.05) is 48.3 Å². The predicted octanol–water partition coefficient (Wildman–Crippen LogP) is 5.40. The number of rotatable bonds is 3. The minimum Gasteiger partial charge on any atom is -0.494 e. The number of hydrogen-bond acceptors (Lipinski definition) is 4. The second-order valence-corrected chi connectivity index (χ2v) is 10.6. The van der Waals surface area contributed by atoms with Gasteiger partial charge in [0.15, 0.2) is 11.6 Å². The van der Waals surface area contributed by atoms with E-state index in [1.807, 2.05) is 38.2 Å². The normalized spacial score (nSPS) is 23.5. The van der Waals surface area contributed by atoms with Gasteiger partial charge in [0.25, 0.3) is 0 Å². The van der Waals surface area contributed by atoms with Crippen LogP contribution in [0.3, 0.4) is 0 Å². The summed E-state index contributed by atoms with van der Waals surface area (Å²) in [5.41, 5.74) is 4.65. The smallest absolute Gasteiger partial charge is 0.162 e. The maximum Gasteiger partial charge on any atom is 0.162 e. The molecule has 0 unspecified atom stereocenters. The summed E-state index contributed by atoms with van der Waals surface area (Å²) in [6.07, 6.45) is 2.72. The molecule has 0 bridgehead atoms. The molecule has 1 aromatic carbocycles. The Labute approximate surface area is 180 Å². The Balaban J connectivity index is 1.94. The van der Waals surface area contributed by atoms with Crippen molar-refractivity contribution in [1.82, 2.24) is 4.90 Å². The lowest BCUT2D eigenvalue weighted by molar-refractivity contribution is -0.119. The Morgan fingerprint density at radius 3 is 1.97 bits per heavy atom. The van der Waals surface area contributed by atoms with Gasteiger partial charge in [-0.05, 0) is 48.3 Å². The van der Waals surface area contributed by atoms with Crippen molar-refractivity contribution in [1.29, 1.82) is 0 Å². The Kier molecular flexibility index (Phi) is 4.95. The number of Topliss-reactive ketones (excluding diaryl/α,β-unsaturated/α-hetero) is 2. The molecule has 0 N–H and O–H groups in total. The van der Waals surface area contributed by atoms with Gasteiger partial charge in [-0.25, -0.2) is 0 Å². The van der Waals surface area contributed by atoms with Gasteiger partial charge in [-0.3, -0.25) is 9.59 Å². The summed E-state index contributed by atoms with van der Waals surface area (Å²) in [5.74, 6) is 0.831. The van der Waals surface area contributed by atoms with Gasteiger partial charge in [0.2, 0.25) is 0 Å². The molecular formula is C26H33NO3. The Morgan fingerprint density at radius 1 is 0.933 bits per heavy atom. The van der Waals surface area contributed by atoms with E-state index in [1.165, 1.54) is 0 Å². The van der Waals surface area contributed by atoms with Crippen LogP contribution in [0.15, 0.2) is 46.8 Å². The van der Waals surface area contributed by atoms with Crippen LogP contribution < -0.4 is 4.74 Å². The van der Waals surface area contributed by atoms with E-state index < -0.39 is 0 Å². The van der Waals surface area contributed by atoms with Crippen molar-refractivity contribution in [3.63, 3.8) is 0 Å². The van der Waals surface area contributed by atoms with E-state index in [0.29, 0.717) is 19.4 Å². The van der Waals surface area contributed by atoms with Crippen molar-refractivity contribution in [3.8, 4) is 5.75 Å². The molecule has 4 rings (SSSR count). The molecule has 0 aromatic heterocycles. The molecule has 3 aliphatic rings. The largest absolute Gasteiger partial charge is 0.494 e. The van der Waals surface area contributed by atoms with Crippen molar-refractivity contribution in [3.05, 3.63) is 52.4 Å². The molecule has 1 aromatic rings. The SMILES string of the molecule is CCOc1cccc(C2C3=C(CC(C)(C)CC3=O)N(C)C3=C2C(=O)CC(C)(C)C3)c1. The van der Waals surface area contributed by atoms with E-state index in [9.17, 15) is 9.59 Å². The lowest BCUT2D eigenvalue weighted by atomic mass is 9.64. The van der Waals surface area contributed by atoms with Crippen molar-refractivity contribution >= 4 is 11.6 Å². The minimum absolute atomic E-state index is 0.0752. The molecule has 0 atom stereocenters. The first-order valence-electron chi connectivity index (χ1n) is 11.0. The van der Waals surface area contributed by atoms with Crippen LogP contribution >= 0.6 is 0 Å². The fraction of sp³-hybridized carbons (Fsp3) is 0.538. The van der Waals surface area contributed by atoms with Crippen LogP contribution in [0.2, 0.25) is 0 Å². The molecule has 4 nitrogen and oxygen atoms in total. The summed E-state index contributed by atoms with van der Waals surface area (Å²) >= 11 is 0. The van der Waals surface area contributed by atoms with Crippen LogP contribution in [0.25, 0.3) is 0 Å². The fourth-order valence-electron chi connectivity index (χ4n) is 5.45. The van der Waals surface area contributed by atoms with E-state index in [-0.39, 0.29) is 28.3 Å². The number of ether oxygens (including phenoxy) is 1. The summed E-state index contributed by atoms with van der Waals surface area (Å²) in [6, 6.07) is 7.94. The first-order valence-corrected chi connectivity index (χ1v) is 11.0. The molecule has 0 amide bonds. The third-order valence-electron chi connectivity index (χ3n) is 6.68. The topological polar surface area (TPSA) is 46.6 Å². The highest BCUT2D eigenvalue weighted by molar-refractivity contribution is 6.06. The Bertz CT molecular complexity index is 926. The number of nitrogens with zero attached hydrogens (tertiary/aromatic N) is 1. The predicted molar refractivity (Wildman–Crippen MR) is 118 cm³/mol. The second kappa shape index (κ2) is 7.11. The van der Waals surface area contributed by atoms with E-state index in [2.05, 4.69) is 32.6 Å². The zero-order chi connectivity index (χ0) is 21.8. The zero-order valence-corrected chi connectivity index (χ0v) is 19.1. The van der Waals surface area contributed by atoms with E-state index in [1.54, 1.807) is 0 Å². The summed E-state index contributed by atoms with van der Waals surface area (Å²) < 4.78 is 5.74. The van der Waals surface area contributed by atoms with Gasteiger partial charge in [-0.1, -0.05) is 39.8 Å². The van der Waals surface area contributed by atoms with Gasteiger partial charge < -0.3 is 9.64 Å². The number of benzene rings is 1. The molecule has 0 saturated heterocycles. The Morgan fingerprint density at radius 2 is 1.47 bits per heavy atom. The third kappa shape index (κ3) is 3.51. The fourth-order valence-corrected chi connectivity index (χ4v) is 5.45. The number of allylic oxidation sites excluding steroid dienone is 4. The summed E-state index contributed by atoms with van der Waals surface area (Å²) in [6.45, 7) is 11.2. The first kappa shape index (κ1) is 20.9. The van der Waals surface area contributed by atoms with Crippen molar-refractivity contribution in [2.24, 2.45) is 10.8 Å². The number of ketones is 2. The molecule has 0 fully saturated rings. The maximum absolute atomic E-state index is 13.4. The van der Waals surface area contributed by atoms with Gasteiger partial charge in [-0.15, -0.1) is 0 Å². The average Bonchev–Trinajstić information content (AvgIpc) is 2.62. The number of carbonyl (C=O) groups excluding carboxylic acids is 2. The van der Waals surface area contributed by atoms with Gasteiger partial charge in [-0.2, -0.15) is 0 Å².